The first-order chi connectivity index (χ1) is 7.74. The monoisotopic (exact) mass is 219 g/mol. The van der Waals surface area contributed by atoms with Crippen molar-refractivity contribution in [2.24, 2.45) is 5.73 Å². The molecule has 1 aliphatic rings. The van der Waals surface area contributed by atoms with Gasteiger partial charge >= 0.3 is 0 Å². The average Bonchev–Trinajstić information content (AvgIpc) is 3.12. The smallest absolute Gasteiger partial charge is 0.145 e. The molecule has 0 aromatic carbocycles. The summed E-state index contributed by atoms with van der Waals surface area (Å²) in [6.07, 6.45) is 5.63. The summed E-state index contributed by atoms with van der Waals surface area (Å²) in [5, 5.41) is 0. The summed E-state index contributed by atoms with van der Waals surface area (Å²) in [7, 11) is 0. The molecule has 1 aliphatic carbocycles. The van der Waals surface area contributed by atoms with Crippen molar-refractivity contribution in [3.63, 3.8) is 0 Å². The first-order valence-corrected chi connectivity index (χ1v) is 6.37. The second-order valence-corrected chi connectivity index (χ2v) is 4.68. The van der Waals surface area contributed by atoms with Gasteiger partial charge < -0.3 is 5.73 Å². The lowest BCUT2D eigenvalue weighted by Crippen LogP contribution is -2.15. The fourth-order valence-corrected chi connectivity index (χ4v) is 1.86. The van der Waals surface area contributed by atoms with Crippen molar-refractivity contribution in [2.75, 3.05) is 0 Å². The highest BCUT2D eigenvalue weighted by atomic mass is 14.9. The Morgan fingerprint density at radius 1 is 1.38 bits per heavy atom. The van der Waals surface area contributed by atoms with Crippen molar-refractivity contribution in [3.05, 3.63) is 23.3 Å². The summed E-state index contributed by atoms with van der Waals surface area (Å²) < 4.78 is 0. The Bertz CT molecular complexity index is 358. The van der Waals surface area contributed by atoms with E-state index in [1.54, 1.807) is 0 Å². The third kappa shape index (κ3) is 2.59. The third-order valence-corrected chi connectivity index (χ3v) is 3.09. The zero-order valence-corrected chi connectivity index (χ0v) is 10.2. The molecule has 1 heterocycles. The largest absolute Gasteiger partial charge is 0.321 e. The second-order valence-electron chi connectivity index (χ2n) is 4.68. The van der Waals surface area contributed by atoms with E-state index in [-0.39, 0.29) is 6.04 Å². The van der Waals surface area contributed by atoms with Crippen molar-refractivity contribution in [2.45, 2.75) is 57.9 Å². The summed E-state index contributed by atoms with van der Waals surface area (Å²) in [4.78, 5) is 9.18. The van der Waals surface area contributed by atoms with E-state index in [2.05, 4.69) is 29.9 Å². The van der Waals surface area contributed by atoms with Crippen LogP contribution in [-0.2, 0) is 6.42 Å². The van der Waals surface area contributed by atoms with E-state index < -0.39 is 0 Å². The van der Waals surface area contributed by atoms with E-state index in [1.165, 1.54) is 24.2 Å². The number of nitrogens with zero attached hydrogens (tertiary/aromatic N) is 2. The van der Waals surface area contributed by atoms with Gasteiger partial charge in [-0.2, -0.15) is 0 Å². The summed E-state index contributed by atoms with van der Waals surface area (Å²) >= 11 is 0. The molecule has 1 saturated carbocycles. The van der Waals surface area contributed by atoms with Crippen LogP contribution < -0.4 is 5.73 Å². The molecule has 0 spiro atoms. The van der Waals surface area contributed by atoms with Gasteiger partial charge in [-0.15, -0.1) is 0 Å². The molecule has 2 N–H and O–H groups in total. The molecule has 0 radical (unpaired) electrons. The Labute approximate surface area is 97.5 Å². The third-order valence-electron chi connectivity index (χ3n) is 3.09. The molecule has 1 aromatic heterocycles. The van der Waals surface area contributed by atoms with Crippen LogP contribution in [0, 0.1) is 0 Å². The number of aryl methyl sites for hydroxylation is 1. The quantitative estimate of drug-likeness (QED) is 0.828. The van der Waals surface area contributed by atoms with Gasteiger partial charge in [0.1, 0.15) is 5.82 Å². The SMILES string of the molecule is CCCc1cc(C2CC2)nc(C(N)CC)n1. The van der Waals surface area contributed by atoms with Crippen LogP contribution in [0.25, 0.3) is 0 Å². The molecule has 1 aromatic rings. The van der Waals surface area contributed by atoms with E-state index in [1.807, 2.05) is 0 Å². The van der Waals surface area contributed by atoms with E-state index >= 15 is 0 Å². The van der Waals surface area contributed by atoms with Gasteiger partial charge in [-0.25, -0.2) is 9.97 Å². The first-order valence-electron chi connectivity index (χ1n) is 6.37. The maximum Gasteiger partial charge on any atom is 0.145 e. The van der Waals surface area contributed by atoms with Gasteiger partial charge in [-0.05, 0) is 31.7 Å². The van der Waals surface area contributed by atoms with Crippen LogP contribution in [0.2, 0.25) is 0 Å². The summed E-state index contributed by atoms with van der Waals surface area (Å²) in [5.74, 6) is 1.52. The lowest BCUT2D eigenvalue weighted by Gasteiger charge is -2.11. The van der Waals surface area contributed by atoms with Crippen molar-refractivity contribution < 1.29 is 0 Å². The molecule has 3 nitrogen and oxygen atoms in total. The Morgan fingerprint density at radius 3 is 2.69 bits per heavy atom. The van der Waals surface area contributed by atoms with Crippen LogP contribution in [-0.4, -0.2) is 9.97 Å². The predicted molar refractivity (Wildman–Crippen MR) is 65.2 cm³/mol. The van der Waals surface area contributed by atoms with Crippen LogP contribution >= 0.6 is 0 Å². The highest BCUT2D eigenvalue weighted by Crippen LogP contribution is 2.39. The summed E-state index contributed by atoms with van der Waals surface area (Å²) in [5.41, 5.74) is 8.41. The van der Waals surface area contributed by atoms with Crippen molar-refractivity contribution in [3.8, 4) is 0 Å². The molecule has 0 aliphatic heterocycles. The standard InChI is InChI=1S/C13H21N3/c1-3-5-10-8-12(9-6-7-9)16-13(15-10)11(14)4-2/h8-9,11H,3-7,14H2,1-2H3. The Balaban J connectivity index is 2.28. The number of aromatic nitrogens is 2. The predicted octanol–water partition coefficient (Wildman–Crippen LogP) is 2.72. The Hall–Kier alpha value is -0.960. The Morgan fingerprint density at radius 2 is 2.12 bits per heavy atom. The van der Waals surface area contributed by atoms with Gasteiger partial charge in [0.15, 0.2) is 0 Å². The highest BCUT2D eigenvalue weighted by molar-refractivity contribution is 5.20. The summed E-state index contributed by atoms with van der Waals surface area (Å²) in [6.45, 7) is 4.26. The van der Waals surface area contributed by atoms with E-state index in [0.717, 1.165) is 25.1 Å². The topological polar surface area (TPSA) is 51.8 Å². The lowest BCUT2D eigenvalue weighted by atomic mass is 10.1. The van der Waals surface area contributed by atoms with E-state index in [0.29, 0.717) is 5.92 Å². The molecular formula is C13H21N3. The molecule has 1 unspecified atom stereocenters. The van der Waals surface area contributed by atoms with Gasteiger partial charge in [0, 0.05) is 17.3 Å². The minimum Gasteiger partial charge on any atom is -0.321 e. The van der Waals surface area contributed by atoms with Gasteiger partial charge in [0.25, 0.3) is 0 Å². The van der Waals surface area contributed by atoms with Gasteiger partial charge in [0.05, 0.1) is 6.04 Å². The van der Waals surface area contributed by atoms with Crippen LogP contribution in [0.4, 0.5) is 0 Å². The van der Waals surface area contributed by atoms with Crippen LogP contribution in [0.1, 0.15) is 68.7 Å². The van der Waals surface area contributed by atoms with Gasteiger partial charge in [0.2, 0.25) is 0 Å². The fraction of sp³-hybridized carbons (Fsp3) is 0.692. The lowest BCUT2D eigenvalue weighted by molar-refractivity contribution is 0.633. The van der Waals surface area contributed by atoms with E-state index in [4.69, 9.17) is 5.73 Å². The zero-order valence-electron chi connectivity index (χ0n) is 10.2. The minimum atomic E-state index is -0.00527. The maximum atomic E-state index is 6.02. The fourth-order valence-electron chi connectivity index (χ4n) is 1.86. The number of nitrogens with two attached hydrogens (primary N) is 1. The number of hydrogen-bond acceptors (Lipinski definition) is 3. The van der Waals surface area contributed by atoms with Crippen molar-refractivity contribution in [1.82, 2.24) is 9.97 Å². The van der Waals surface area contributed by atoms with E-state index in [9.17, 15) is 0 Å². The van der Waals surface area contributed by atoms with Crippen LogP contribution in [0.15, 0.2) is 6.07 Å². The molecule has 0 bridgehead atoms. The highest BCUT2D eigenvalue weighted by Gasteiger charge is 2.26. The van der Waals surface area contributed by atoms with Crippen LogP contribution in [0.3, 0.4) is 0 Å². The maximum absolute atomic E-state index is 6.02. The van der Waals surface area contributed by atoms with Gasteiger partial charge in [-0.3, -0.25) is 0 Å². The molecule has 16 heavy (non-hydrogen) atoms. The molecular weight excluding hydrogens is 198 g/mol. The van der Waals surface area contributed by atoms with Crippen molar-refractivity contribution >= 4 is 0 Å². The minimum absolute atomic E-state index is 0.00527. The molecule has 3 heteroatoms. The molecule has 2 rings (SSSR count). The number of rotatable bonds is 5. The molecule has 1 fully saturated rings. The molecule has 0 saturated heterocycles. The second kappa shape index (κ2) is 4.91. The average molecular weight is 219 g/mol. The van der Waals surface area contributed by atoms with Gasteiger partial charge in [-0.1, -0.05) is 20.3 Å². The summed E-state index contributed by atoms with van der Waals surface area (Å²) in [6, 6.07) is 2.17. The number of hydrogen-bond donors (Lipinski definition) is 1. The molecule has 0 amide bonds. The first kappa shape index (κ1) is 11.5. The normalized spacial score (nSPS) is 17.4. The molecule has 1 atom stereocenters. The Kier molecular flexibility index (Phi) is 3.54. The zero-order chi connectivity index (χ0) is 11.5. The molecule has 88 valence electrons. The van der Waals surface area contributed by atoms with Crippen molar-refractivity contribution in [1.29, 1.82) is 0 Å². The van der Waals surface area contributed by atoms with Crippen LogP contribution in [0.5, 0.6) is 0 Å².